The van der Waals surface area contributed by atoms with E-state index in [4.69, 9.17) is 0 Å². The number of hydrogen-bond donors (Lipinski definition) is 2. The van der Waals surface area contributed by atoms with Crippen molar-refractivity contribution in [2.75, 3.05) is 37.7 Å². The van der Waals surface area contributed by atoms with Gasteiger partial charge in [-0.3, -0.25) is 19.5 Å². The Bertz CT molecular complexity index is 1320. The van der Waals surface area contributed by atoms with Crippen LogP contribution in [0.25, 0.3) is 11.0 Å². The summed E-state index contributed by atoms with van der Waals surface area (Å²) >= 11 is 0. The Labute approximate surface area is 209 Å². The minimum Gasteiger partial charge on any atom is -0.345 e. The van der Waals surface area contributed by atoms with E-state index in [1.54, 1.807) is 17.0 Å². The highest BCUT2D eigenvalue weighted by Crippen LogP contribution is 2.39. The third kappa shape index (κ3) is 4.80. The number of benzene rings is 1. The molecule has 10 nitrogen and oxygen atoms in total. The van der Waals surface area contributed by atoms with Crippen LogP contribution in [0.5, 0.6) is 0 Å². The number of rotatable bonds is 5. The standard InChI is InChI=1S/C24H24F3N7O3/c25-24(26,27)14-28-20(35)13-33-15-34(16-4-2-1-3-5-16)23(22(33)37)8-10-32(11-9-23)21(36)18-7-6-17-19(30-18)12-29-31-17/h1-7,12H,8-11,13-15H2,(H,28,35)(H,29,31). The summed E-state index contributed by atoms with van der Waals surface area (Å²) in [4.78, 5) is 48.1. The number of fused-ring (bicyclic) bond motifs is 1. The molecule has 2 N–H and O–H groups in total. The number of amides is 3. The molecule has 0 aliphatic carbocycles. The molecule has 3 aromatic rings. The summed E-state index contributed by atoms with van der Waals surface area (Å²) in [5, 5.41) is 8.53. The fourth-order valence-corrected chi connectivity index (χ4v) is 4.94. The molecule has 2 fully saturated rings. The van der Waals surface area contributed by atoms with E-state index in [1.165, 1.54) is 11.1 Å². The number of carbonyl (C=O) groups is 3. The average molecular weight is 515 g/mol. The number of anilines is 1. The summed E-state index contributed by atoms with van der Waals surface area (Å²) in [5.74, 6) is -1.49. The molecule has 0 radical (unpaired) electrons. The van der Waals surface area contributed by atoms with E-state index in [1.807, 2.05) is 40.5 Å². The number of hydrogen-bond acceptors (Lipinski definition) is 6. The Morgan fingerprint density at radius 2 is 1.81 bits per heavy atom. The van der Waals surface area contributed by atoms with Crippen LogP contribution in [-0.2, 0) is 9.59 Å². The van der Waals surface area contributed by atoms with Crippen LogP contribution >= 0.6 is 0 Å². The summed E-state index contributed by atoms with van der Waals surface area (Å²) in [6.45, 7) is -1.36. The zero-order chi connectivity index (χ0) is 26.2. The van der Waals surface area contributed by atoms with Crippen molar-refractivity contribution in [3.63, 3.8) is 0 Å². The number of alkyl halides is 3. The summed E-state index contributed by atoms with van der Waals surface area (Å²) in [5.41, 5.74) is 1.28. The van der Waals surface area contributed by atoms with Crippen LogP contribution in [0.15, 0.2) is 48.7 Å². The lowest BCUT2D eigenvalue weighted by molar-refractivity contribution is -0.142. The van der Waals surface area contributed by atoms with Crippen LogP contribution in [0.2, 0.25) is 0 Å². The lowest BCUT2D eigenvalue weighted by Gasteiger charge is -2.43. The van der Waals surface area contributed by atoms with Crippen molar-refractivity contribution in [2.24, 2.45) is 0 Å². The topological polar surface area (TPSA) is 115 Å². The molecule has 4 heterocycles. The zero-order valence-corrected chi connectivity index (χ0v) is 19.7. The molecule has 0 atom stereocenters. The van der Waals surface area contributed by atoms with Gasteiger partial charge >= 0.3 is 6.18 Å². The molecule has 13 heteroatoms. The highest BCUT2D eigenvalue weighted by atomic mass is 19.4. The molecule has 5 rings (SSSR count). The van der Waals surface area contributed by atoms with E-state index in [2.05, 4.69) is 15.2 Å². The Morgan fingerprint density at radius 3 is 2.51 bits per heavy atom. The average Bonchev–Trinajstić information content (AvgIpc) is 3.46. The third-order valence-corrected chi connectivity index (χ3v) is 6.80. The molecule has 2 aliphatic heterocycles. The minimum absolute atomic E-state index is 0.0505. The molecule has 37 heavy (non-hydrogen) atoms. The summed E-state index contributed by atoms with van der Waals surface area (Å²) < 4.78 is 37.5. The van der Waals surface area contributed by atoms with Gasteiger partial charge in [0.2, 0.25) is 5.91 Å². The van der Waals surface area contributed by atoms with Gasteiger partial charge in [0, 0.05) is 18.8 Å². The number of halogens is 3. The molecular weight excluding hydrogens is 491 g/mol. The van der Waals surface area contributed by atoms with Gasteiger partial charge in [-0.25, -0.2) is 4.98 Å². The Kier molecular flexibility index (Phi) is 6.21. The van der Waals surface area contributed by atoms with E-state index in [0.717, 1.165) is 5.69 Å². The second-order valence-corrected chi connectivity index (χ2v) is 9.12. The Morgan fingerprint density at radius 1 is 1.08 bits per heavy atom. The zero-order valence-electron chi connectivity index (χ0n) is 19.7. The maximum absolute atomic E-state index is 13.6. The number of nitrogens with zero attached hydrogens (tertiary/aromatic N) is 5. The van der Waals surface area contributed by atoms with Gasteiger partial charge in [-0.1, -0.05) is 18.2 Å². The van der Waals surface area contributed by atoms with Crippen molar-refractivity contribution in [3.8, 4) is 0 Å². The molecular formula is C24H24F3N7O3. The van der Waals surface area contributed by atoms with Crippen LogP contribution in [-0.4, -0.2) is 87.3 Å². The van der Waals surface area contributed by atoms with Gasteiger partial charge in [-0.05, 0) is 37.1 Å². The van der Waals surface area contributed by atoms with Crippen molar-refractivity contribution < 1.29 is 27.6 Å². The van der Waals surface area contributed by atoms with Crippen LogP contribution in [0, 0.1) is 0 Å². The number of aromatic amines is 1. The Balaban J connectivity index is 1.33. The minimum atomic E-state index is -4.54. The fraction of sp³-hybridized carbons (Fsp3) is 0.375. The molecule has 0 unspecified atom stereocenters. The molecule has 0 bridgehead atoms. The lowest BCUT2D eigenvalue weighted by Crippen LogP contribution is -2.57. The highest BCUT2D eigenvalue weighted by molar-refractivity contribution is 5.97. The summed E-state index contributed by atoms with van der Waals surface area (Å²) in [6, 6.07) is 12.5. The molecule has 194 valence electrons. The van der Waals surface area contributed by atoms with Crippen LogP contribution < -0.4 is 10.2 Å². The first-order valence-electron chi connectivity index (χ1n) is 11.7. The van der Waals surface area contributed by atoms with E-state index in [0.29, 0.717) is 23.9 Å². The molecule has 2 saturated heterocycles. The molecule has 1 spiro atoms. The van der Waals surface area contributed by atoms with Crippen LogP contribution in [0.4, 0.5) is 18.9 Å². The predicted molar refractivity (Wildman–Crippen MR) is 126 cm³/mol. The number of pyridine rings is 1. The second-order valence-electron chi connectivity index (χ2n) is 9.12. The molecule has 2 aliphatic rings. The molecule has 1 aromatic carbocycles. The van der Waals surface area contributed by atoms with Gasteiger partial charge in [-0.2, -0.15) is 18.3 Å². The van der Waals surface area contributed by atoms with Gasteiger partial charge in [-0.15, -0.1) is 0 Å². The predicted octanol–water partition coefficient (Wildman–Crippen LogP) is 1.92. The third-order valence-electron chi connectivity index (χ3n) is 6.80. The second kappa shape index (κ2) is 9.37. The number of likely N-dealkylation sites (tertiary alicyclic amines) is 1. The number of H-pyrrole nitrogens is 1. The van der Waals surface area contributed by atoms with Crippen molar-refractivity contribution >= 4 is 34.4 Å². The first-order chi connectivity index (χ1) is 17.7. The van der Waals surface area contributed by atoms with Gasteiger partial charge in [0.1, 0.15) is 29.8 Å². The number of para-hydroxylation sites is 1. The summed E-state index contributed by atoms with van der Waals surface area (Å²) in [6.07, 6.45) is -2.42. The van der Waals surface area contributed by atoms with Crippen molar-refractivity contribution in [3.05, 3.63) is 54.4 Å². The maximum Gasteiger partial charge on any atom is 0.405 e. The highest BCUT2D eigenvalue weighted by Gasteiger charge is 2.54. The quantitative estimate of drug-likeness (QED) is 0.537. The van der Waals surface area contributed by atoms with Gasteiger partial charge < -0.3 is 20.0 Å². The van der Waals surface area contributed by atoms with Crippen LogP contribution in [0.1, 0.15) is 23.3 Å². The monoisotopic (exact) mass is 515 g/mol. The van der Waals surface area contributed by atoms with E-state index in [-0.39, 0.29) is 37.3 Å². The van der Waals surface area contributed by atoms with Gasteiger partial charge in [0.25, 0.3) is 11.8 Å². The number of carbonyl (C=O) groups excluding carboxylic acids is 3. The largest absolute Gasteiger partial charge is 0.405 e. The summed E-state index contributed by atoms with van der Waals surface area (Å²) in [7, 11) is 0. The Hall–Kier alpha value is -4.16. The lowest BCUT2D eigenvalue weighted by atomic mass is 9.85. The van der Waals surface area contributed by atoms with Crippen molar-refractivity contribution in [1.82, 2.24) is 30.3 Å². The van der Waals surface area contributed by atoms with E-state index < -0.39 is 30.7 Å². The number of nitrogens with one attached hydrogen (secondary N) is 2. The van der Waals surface area contributed by atoms with Crippen LogP contribution in [0.3, 0.4) is 0 Å². The number of aromatic nitrogens is 3. The molecule has 0 saturated carbocycles. The van der Waals surface area contributed by atoms with Gasteiger partial charge in [0.05, 0.1) is 18.4 Å². The number of piperidine rings is 1. The van der Waals surface area contributed by atoms with Crippen molar-refractivity contribution in [1.29, 1.82) is 0 Å². The SMILES string of the molecule is O=C(CN1CN(c2ccccc2)C2(CCN(C(=O)c3ccc4[nH]ncc4n3)CC2)C1=O)NCC(F)(F)F. The van der Waals surface area contributed by atoms with Gasteiger partial charge in [0.15, 0.2) is 0 Å². The molecule has 3 amide bonds. The fourth-order valence-electron chi connectivity index (χ4n) is 4.94. The first kappa shape index (κ1) is 24.5. The smallest absolute Gasteiger partial charge is 0.345 e. The normalized spacial score (nSPS) is 17.6. The first-order valence-corrected chi connectivity index (χ1v) is 11.7. The molecule has 2 aromatic heterocycles. The van der Waals surface area contributed by atoms with E-state index in [9.17, 15) is 27.6 Å². The maximum atomic E-state index is 13.6. The van der Waals surface area contributed by atoms with E-state index >= 15 is 0 Å². The van der Waals surface area contributed by atoms with Crippen molar-refractivity contribution in [2.45, 2.75) is 24.6 Å².